The zero-order valence-corrected chi connectivity index (χ0v) is 13.3. The Morgan fingerprint density at radius 1 is 1.57 bits per heavy atom. The molecule has 0 radical (unpaired) electrons. The Morgan fingerprint density at radius 2 is 2.33 bits per heavy atom. The first-order valence-electron chi connectivity index (χ1n) is 7.37. The maximum Gasteiger partial charge on any atom is 0.287 e. The van der Waals surface area contributed by atoms with Gasteiger partial charge in [0, 0.05) is 19.1 Å². The molecule has 1 aliphatic rings. The van der Waals surface area contributed by atoms with Crippen LogP contribution in [-0.4, -0.2) is 52.1 Å². The number of aliphatic hydroxyl groups excluding tert-OH is 1. The second kappa shape index (κ2) is 7.24. The highest BCUT2D eigenvalue weighted by molar-refractivity contribution is 6.32. The highest BCUT2D eigenvalue weighted by atomic mass is 35.5. The second-order valence-corrected chi connectivity index (χ2v) is 6.13. The van der Waals surface area contributed by atoms with E-state index in [1.165, 1.54) is 4.68 Å². The summed E-state index contributed by atoms with van der Waals surface area (Å²) in [5.74, 6) is 0.559. The van der Waals surface area contributed by atoms with Crippen molar-refractivity contribution >= 4 is 17.3 Å². The van der Waals surface area contributed by atoms with Gasteiger partial charge in [-0.2, -0.15) is 5.10 Å². The zero-order valence-electron chi connectivity index (χ0n) is 12.5. The molecular formula is C14H23ClN4O2. The van der Waals surface area contributed by atoms with E-state index < -0.39 is 0 Å². The average molecular weight is 315 g/mol. The van der Waals surface area contributed by atoms with E-state index in [1.807, 2.05) is 0 Å². The molecule has 1 aromatic rings. The third-order valence-corrected chi connectivity index (χ3v) is 4.29. The van der Waals surface area contributed by atoms with E-state index in [2.05, 4.69) is 29.2 Å². The molecule has 1 aromatic heterocycles. The summed E-state index contributed by atoms with van der Waals surface area (Å²) in [6, 6.07) is 0.572. The van der Waals surface area contributed by atoms with Gasteiger partial charge in [0.2, 0.25) is 0 Å². The van der Waals surface area contributed by atoms with Crippen LogP contribution in [-0.2, 0) is 6.54 Å². The van der Waals surface area contributed by atoms with Crippen LogP contribution in [0.2, 0.25) is 5.02 Å². The Hall–Kier alpha value is -1.11. The molecule has 1 unspecified atom stereocenters. The number of likely N-dealkylation sites (tertiary alicyclic amines) is 1. The standard InChI is InChI=1S/C14H23ClN4O2/c1-10(2)18-4-3-11(9-18)7-16-12-8-17-19(5-6-20)14(21)13(12)15/h8,10-11,16,20H,3-7,9H2,1-2H3. The molecule has 0 bridgehead atoms. The third kappa shape index (κ3) is 3.96. The smallest absolute Gasteiger partial charge is 0.287 e. The highest BCUT2D eigenvalue weighted by Gasteiger charge is 2.24. The summed E-state index contributed by atoms with van der Waals surface area (Å²) < 4.78 is 1.17. The number of halogens is 1. The van der Waals surface area contributed by atoms with Gasteiger partial charge in [-0.3, -0.25) is 4.79 Å². The molecule has 2 rings (SSSR count). The molecule has 1 fully saturated rings. The lowest BCUT2D eigenvalue weighted by atomic mass is 10.1. The number of hydrogen-bond donors (Lipinski definition) is 2. The molecule has 6 nitrogen and oxygen atoms in total. The number of anilines is 1. The molecule has 1 saturated heterocycles. The summed E-state index contributed by atoms with van der Waals surface area (Å²) in [5, 5.41) is 16.2. The Morgan fingerprint density at radius 3 is 2.95 bits per heavy atom. The minimum Gasteiger partial charge on any atom is -0.394 e. The molecule has 2 N–H and O–H groups in total. The van der Waals surface area contributed by atoms with Crippen molar-refractivity contribution in [3.63, 3.8) is 0 Å². The summed E-state index contributed by atoms with van der Waals surface area (Å²) in [5.41, 5.74) is 0.199. The topological polar surface area (TPSA) is 70.4 Å². The predicted molar refractivity (Wildman–Crippen MR) is 83.9 cm³/mol. The van der Waals surface area contributed by atoms with Gasteiger partial charge < -0.3 is 15.3 Å². The predicted octanol–water partition coefficient (Wildman–Crippen LogP) is 1.03. The van der Waals surface area contributed by atoms with Crippen LogP contribution in [0, 0.1) is 5.92 Å². The Balaban J connectivity index is 1.95. The van der Waals surface area contributed by atoms with Crippen LogP contribution in [0.5, 0.6) is 0 Å². The number of nitrogens with zero attached hydrogens (tertiary/aromatic N) is 3. The first-order valence-corrected chi connectivity index (χ1v) is 7.75. The van der Waals surface area contributed by atoms with Crippen LogP contribution >= 0.6 is 11.6 Å². The van der Waals surface area contributed by atoms with Crippen molar-refractivity contribution in [2.24, 2.45) is 5.92 Å². The molecule has 2 heterocycles. The zero-order chi connectivity index (χ0) is 15.4. The minimum atomic E-state index is -0.369. The largest absolute Gasteiger partial charge is 0.394 e. The lowest BCUT2D eigenvalue weighted by Gasteiger charge is -2.20. The second-order valence-electron chi connectivity index (χ2n) is 5.75. The van der Waals surface area contributed by atoms with Gasteiger partial charge in [0.15, 0.2) is 0 Å². The van der Waals surface area contributed by atoms with Crippen LogP contribution in [0.15, 0.2) is 11.0 Å². The van der Waals surface area contributed by atoms with E-state index in [9.17, 15) is 4.79 Å². The number of aromatic nitrogens is 2. The van der Waals surface area contributed by atoms with Crippen molar-refractivity contribution in [2.45, 2.75) is 32.9 Å². The maximum absolute atomic E-state index is 11.9. The fourth-order valence-electron chi connectivity index (χ4n) is 2.59. The molecule has 0 amide bonds. The summed E-state index contributed by atoms with van der Waals surface area (Å²) in [6.07, 6.45) is 2.70. The van der Waals surface area contributed by atoms with E-state index in [-0.39, 0.29) is 23.7 Å². The quantitative estimate of drug-likeness (QED) is 0.821. The monoisotopic (exact) mass is 314 g/mol. The fourth-order valence-corrected chi connectivity index (χ4v) is 2.81. The van der Waals surface area contributed by atoms with Crippen LogP contribution in [0.1, 0.15) is 20.3 Å². The summed E-state index contributed by atoms with van der Waals surface area (Å²) >= 11 is 6.07. The molecule has 0 aliphatic carbocycles. The lowest BCUT2D eigenvalue weighted by molar-refractivity contribution is 0.266. The SMILES string of the molecule is CC(C)N1CCC(CNc2cnn(CCO)c(=O)c2Cl)C1. The molecule has 7 heteroatoms. The fraction of sp³-hybridized carbons (Fsp3) is 0.714. The minimum absolute atomic E-state index is 0.136. The maximum atomic E-state index is 11.9. The van der Waals surface area contributed by atoms with Gasteiger partial charge in [-0.1, -0.05) is 11.6 Å². The van der Waals surface area contributed by atoms with Crippen LogP contribution in [0.4, 0.5) is 5.69 Å². The Kier molecular flexibility index (Phi) is 5.61. The molecule has 0 spiro atoms. The number of nitrogens with one attached hydrogen (secondary N) is 1. The molecule has 118 valence electrons. The summed E-state index contributed by atoms with van der Waals surface area (Å²) in [6.45, 7) is 7.40. The van der Waals surface area contributed by atoms with Gasteiger partial charge in [0.25, 0.3) is 5.56 Å². The van der Waals surface area contributed by atoms with Gasteiger partial charge in [-0.05, 0) is 32.7 Å². The molecule has 1 aliphatic heterocycles. The summed E-state index contributed by atoms with van der Waals surface area (Å²) in [4.78, 5) is 14.4. The molecular weight excluding hydrogens is 292 g/mol. The van der Waals surface area contributed by atoms with Gasteiger partial charge >= 0.3 is 0 Å². The average Bonchev–Trinajstić information content (AvgIpc) is 2.92. The number of hydrogen-bond acceptors (Lipinski definition) is 5. The van der Waals surface area contributed by atoms with Crippen LogP contribution in [0.3, 0.4) is 0 Å². The van der Waals surface area contributed by atoms with Crippen molar-refractivity contribution in [1.82, 2.24) is 14.7 Å². The van der Waals surface area contributed by atoms with Gasteiger partial charge in [-0.15, -0.1) is 0 Å². The molecule has 1 atom stereocenters. The van der Waals surface area contributed by atoms with Crippen molar-refractivity contribution in [2.75, 3.05) is 31.6 Å². The number of rotatable bonds is 6. The molecule has 21 heavy (non-hydrogen) atoms. The van der Waals surface area contributed by atoms with E-state index in [1.54, 1.807) is 6.20 Å². The molecule has 0 saturated carbocycles. The van der Waals surface area contributed by atoms with Crippen molar-refractivity contribution in [3.8, 4) is 0 Å². The van der Waals surface area contributed by atoms with Crippen molar-refractivity contribution in [1.29, 1.82) is 0 Å². The van der Waals surface area contributed by atoms with Gasteiger partial charge in [0.05, 0.1) is 25.0 Å². The summed E-state index contributed by atoms with van der Waals surface area (Å²) in [7, 11) is 0. The van der Waals surface area contributed by atoms with E-state index in [0.29, 0.717) is 17.6 Å². The Labute approximate surface area is 129 Å². The molecule has 0 aromatic carbocycles. The van der Waals surface area contributed by atoms with E-state index in [4.69, 9.17) is 16.7 Å². The van der Waals surface area contributed by atoms with Crippen molar-refractivity contribution in [3.05, 3.63) is 21.6 Å². The van der Waals surface area contributed by atoms with Gasteiger partial charge in [0.1, 0.15) is 5.02 Å². The normalized spacial score (nSPS) is 19.4. The first kappa shape index (κ1) is 16.3. The highest BCUT2D eigenvalue weighted by Crippen LogP contribution is 2.21. The van der Waals surface area contributed by atoms with Crippen LogP contribution in [0.25, 0.3) is 0 Å². The van der Waals surface area contributed by atoms with Gasteiger partial charge in [-0.25, -0.2) is 4.68 Å². The van der Waals surface area contributed by atoms with E-state index in [0.717, 1.165) is 26.1 Å². The number of aliphatic hydroxyl groups is 1. The van der Waals surface area contributed by atoms with Crippen molar-refractivity contribution < 1.29 is 5.11 Å². The van der Waals surface area contributed by atoms with Crippen LogP contribution < -0.4 is 10.9 Å². The first-order chi connectivity index (χ1) is 10.0. The lowest BCUT2D eigenvalue weighted by Crippen LogP contribution is -2.29. The Bertz CT molecular complexity index is 532. The third-order valence-electron chi connectivity index (χ3n) is 3.93. The van der Waals surface area contributed by atoms with E-state index >= 15 is 0 Å².